The van der Waals surface area contributed by atoms with Gasteiger partial charge >= 0.3 is 66.0 Å². The third kappa shape index (κ3) is 11.7. The van der Waals surface area contributed by atoms with Crippen molar-refractivity contribution in [2.24, 2.45) is 14.1 Å². The fourth-order valence-corrected chi connectivity index (χ4v) is 3.21. The summed E-state index contributed by atoms with van der Waals surface area (Å²) < 4.78 is 126. The zero-order valence-corrected chi connectivity index (χ0v) is 21.8. The molecule has 0 atom stereocenters. The number of fused-ring (bicyclic) bond motifs is 3. The van der Waals surface area contributed by atoms with Crippen molar-refractivity contribution < 1.29 is 59.5 Å². The molecule has 0 spiro atoms. The second-order valence-corrected chi connectivity index (χ2v) is 12.3. The van der Waals surface area contributed by atoms with Crippen molar-refractivity contribution >= 4 is 37.4 Å². The molecular formula is C20H18F12N6P2. The van der Waals surface area contributed by atoms with Crippen LogP contribution in [0, 0.1) is 0 Å². The summed E-state index contributed by atoms with van der Waals surface area (Å²) in [5, 5.41) is 2.17. The molecule has 0 unspecified atom stereocenters. The summed E-state index contributed by atoms with van der Waals surface area (Å²) in [5.41, 5.74) is 1.82. The quantitative estimate of drug-likeness (QED) is 0.0846. The Hall–Kier alpha value is -3.52. The molecule has 0 aliphatic rings. The number of benzene rings is 1. The Morgan fingerprint density at radius 3 is 1.05 bits per heavy atom. The Morgan fingerprint density at radius 1 is 0.525 bits per heavy atom. The predicted octanol–water partition coefficient (Wildman–Crippen LogP) is 8.78. The van der Waals surface area contributed by atoms with Gasteiger partial charge in [-0.15, -0.1) is 0 Å². The molecule has 5 aromatic rings. The van der Waals surface area contributed by atoms with Gasteiger partial charge < -0.3 is 0 Å². The molecule has 20 heteroatoms. The number of pyridine rings is 2. The van der Waals surface area contributed by atoms with E-state index in [1.54, 1.807) is 0 Å². The molecule has 0 saturated heterocycles. The average molecular weight is 632 g/mol. The van der Waals surface area contributed by atoms with Gasteiger partial charge in [-0.1, -0.05) is 12.1 Å². The Balaban J connectivity index is 0.000000263. The Kier molecular flexibility index (Phi) is 6.58. The average Bonchev–Trinajstić information content (AvgIpc) is 3.37. The number of halogens is 12. The van der Waals surface area contributed by atoms with Gasteiger partial charge in [-0.05, 0) is 12.1 Å². The molecule has 6 nitrogen and oxygen atoms in total. The van der Waals surface area contributed by atoms with Crippen LogP contribution >= 0.6 is 15.6 Å². The van der Waals surface area contributed by atoms with Crippen molar-refractivity contribution in [2.75, 3.05) is 0 Å². The topological polar surface area (TPSA) is 43.4 Å². The fourth-order valence-electron chi connectivity index (χ4n) is 3.21. The van der Waals surface area contributed by atoms with Gasteiger partial charge in [0.15, 0.2) is 0 Å². The SMILES string of the molecule is C[n+]1ccn(-c2ccc3ccc4ccc(-n5cc[n+](C)c5)nc4c3n2)c1.F[P-](F)(F)(F)(F)F.F[P-](F)(F)(F)(F)F. The maximum absolute atomic E-state index is 10.7. The summed E-state index contributed by atoms with van der Waals surface area (Å²) >= 11 is 0. The van der Waals surface area contributed by atoms with Gasteiger partial charge in [-0.3, -0.25) is 0 Å². The summed E-state index contributed by atoms with van der Waals surface area (Å²) in [6.45, 7) is 0. The van der Waals surface area contributed by atoms with E-state index in [9.17, 15) is 50.4 Å². The molecule has 5 rings (SSSR count). The summed E-state index contributed by atoms with van der Waals surface area (Å²) in [6.07, 6.45) is 12.0. The molecule has 4 heterocycles. The molecule has 0 radical (unpaired) electrons. The van der Waals surface area contributed by atoms with E-state index in [0.29, 0.717) is 0 Å². The zero-order valence-electron chi connectivity index (χ0n) is 20.0. The zero-order chi connectivity index (χ0) is 30.5. The molecule has 222 valence electrons. The third-order valence-corrected chi connectivity index (χ3v) is 4.56. The Labute approximate surface area is 216 Å². The first kappa shape index (κ1) is 31.0. The molecular weight excluding hydrogens is 614 g/mol. The number of aryl methyl sites for hydroxylation is 2. The van der Waals surface area contributed by atoms with Crippen LogP contribution in [0.15, 0.2) is 73.8 Å². The summed E-state index contributed by atoms with van der Waals surface area (Å²) in [5.74, 6) is 1.76. The van der Waals surface area contributed by atoms with Crippen molar-refractivity contribution in [1.82, 2.24) is 19.1 Å². The first-order chi connectivity index (χ1) is 17.6. The van der Waals surface area contributed by atoms with Crippen LogP contribution in [-0.2, 0) is 14.1 Å². The van der Waals surface area contributed by atoms with Crippen molar-refractivity contribution in [3.05, 3.63) is 73.8 Å². The molecule has 4 aromatic heterocycles. The second kappa shape index (κ2) is 8.49. The standard InChI is InChI=1S/C20H18N6.2F6P/c1-23-9-11-25(13-23)17-7-5-15-3-4-16-6-8-18(22-20(16)19(15)21-17)26-12-10-24(2)14-26;2*1-7(2,3,4,5)6/h3-14H,1-2H3;;/q+2;2*-1. The van der Waals surface area contributed by atoms with Crippen LogP contribution in [0.5, 0.6) is 0 Å². The molecule has 0 amide bonds. The normalized spacial score (nSPS) is 15.6. The molecule has 0 aliphatic carbocycles. The number of nitrogens with zero attached hydrogens (tertiary/aromatic N) is 6. The first-order valence-electron chi connectivity index (χ1n) is 10.5. The van der Waals surface area contributed by atoms with E-state index in [1.165, 1.54) is 0 Å². The van der Waals surface area contributed by atoms with Crippen molar-refractivity contribution in [2.45, 2.75) is 0 Å². The van der Waals surface area contributed by atoms with E-state index in [1.807, 2.05) is 81.9 Å². The van der Waals surface area contributed by atoms with Crippen LogP contribution in [-0.4, -0.2) is 19.1 Å². The Morgan fingerprint density at radius 2 is 0.800 bits per heavy atom. The fraction of sp³-hybridized carbons (Fsp3) is 0.100. The van der Waals surface area contributed by atoms with Crippen molar-refractivity contribution in [1.29, 1.82) is 0 Å². The van der Waals surface area contributed by atoms with E-state index in [-0.39, 0.29) is 0 Å². The van der Waals surface area contributed by atoms with Gasteiger partial charge in [-0.25, -0.2) is 19.1 Å². The maximum atomic E-state index is 9.87. The number of hydrogen-bond acceptors (Lipinski definition) is 2. The van der Waals surface area contributed by atoms with Crippen LogP contribution in [0.1, 0.15) is 0 Å². The van der Waals surface area contributed by atoms with Crippen LogP contribution < -0.4 is 9.13 Å². The van der Waals surface area contributed by atoms with Crippen LogP contribution in [0.3, 0.4) is 0 Å². The van der Waals surface area contributed by atoms with Crippen LogP contribution in [0.4, 0.5) is 50.4 Å². The first-order valence-corrected chi connectivity index (χ1v) is 14.5. The van der Waals surface area contributed by atoms with Gasteiger partial charge in [0.2, 0.25) is 24.3 Å². The molecule has 0 N–H and O–H groups in total. The van der Waals surface area contributed by atoms with Gasteiger partial charge in [0.25, 0.3) is 0 Å². The van der Waals surface area contributed by atoms with Crippen LogP contribution in [0.2, 0.25) is 0 Å². The second-order valence-electron chi connectivity index (χ2n) is 8.44. The van der Waals surface area contributed by atoms with Gasteiger partial charge in [-0.2, -0.15) is 9.13 Å². The summed E-state index contributed by atoms with van der Waals surface area (Å²) in [6, 6.07) is 12.5. The molecule has 0 fully saturated rings. The van der Waals surface area contributed by atoms with E-state index < -0.39 is 15.6 Å². The van der Waals surface area contributed by atoms with E-state index in [2.05, 4.69) is 24.3 Å². The summed E-state index contributed by atoms with van der Waals surface area (Å²) in [7, 11) is -17.3. The number of hydrogen-bond donors (Lipinski definition) is 0. The minimum atomic E-state index is -10.7. The molecule has 0 aliphatic heterocycles. The monoisotopic (exact) mass is 632 g/mol. The minimum absolute atomic E-state index is 0.880. The third-order valence-electron chi connectivity index (χ3n) is 4.56. The number of rotatable bonds is 2. The van der Waals surface area contributed by atoms with Crippen molar-refractivity contribution in [3.63, 3.8) is 0 Å². The van der Waals surface area contributed by atoms with Gasteiger partial charge in [0, 0.05) is 22.9 Å². The van der Waals surface area contributed by atoms with E-state index >= 15 is 0 Å². The molecule has 40 heavy (non-hydrogen) atoms. The number of aromatic nitrogens is 6. The van der Waals surface area contributed by atoms with Crippen molar-refractivity contribution in [3.8, 4) is 11.6 Å². The number of imidazole rings is 2. The molecule has 0 bridgehead atoms. The van der Waals surface area contributed by atoms with E-state index in [4.69, 9.17) is 9.97 Å². The van der Waals surface area contributed by atoms with E-state index in [0.717, 1.165) is 33.4 Å². The van der Waals surface area contributed by atoms with Gasteiger partial charge in [0.1, 0.15) is 35.8 Å². The molecule has 0 saturated carbocycles. The van der Waals surface area contributed by atoms with Gasteiger partial charge in [0.05, 0.1) is 14.1 Å². The summed E-state index contributed by atoms with van der Waals surface area (Å²) in [4.78, 5) is 9.80. The predicted molar refractivity (Wildman–Crippen MR) is 125 cm³/mol. The molecule has 1 aromatic carbocycles. The Bertz CT molecular complexity index is 1560. The van der Waals surface area contributed by atoms with Crippen LogP contribution in [0.25, 0.3) is 33.4 Å².